The average molecular weight is 473 g/mol. The molecule has 172 valence electrons. The zero-order valence-corrected chi connectivity index (χ0v) is 15.9. The Kier molecular flexibility index (Phi) is 4.91. The van der Waals surface area contributed by atoms with Crippen LogP contribution < -0.4 is 16.6 Å². The number of halogens is 7. The summed E-state index contributed by atoms with van der Waals surface area (Å²) in [6.45, 7) is 0. The number of rotatable bonds is 2. The summed E-state index contributed by atoms with van der Waals surface area (Å²) >= 11 is 0. The van der Waals surface area contributed by atoms with Gasteiger partial charge in [0.1, 0.15) is 23.0 Å². The molecule has 0 atom stereocenters. The highest BCUT2D eigenvalue weighted by molar-refractivity contribution is 6.09. The molecule has 0 spiro atoms. The van der Waals surface area contributed by atoms with Crippen molar-refractivity contribution in [3.63, 3.8) is 0 Å². The predicted octanol–water partition coefficient (Wildman–Crippen LogP) is 3.25. The van der Waals surface area contributed by atoms with Crippen molar-refractivity contribution in [2.45, 2.75) is 17.9 Å². The zero-order chi connectivity index (χ0) is 24.2. The van der Waals surface area contributed by atoms with Crippen LogP contribution in [0.25, 0.3) is 5.69 Å². The number of anilines is 1. The third-order valence-electron chi connectivity index (χ3n) is 4.83. The first kappa shape index (κ1) is 22.2. The fourth-order valence-corrected chi connectivity index (χ4v) is 3.40. The van der Waals surface area contributed by atoms with Gasteiger partial charge in [0, 0.05) is 18.0 Å². The third-order valence-corrected chi connectivity index (χ3v) is 4.83. The number of hydrogen-bond donors (Lipinski definition) is 2. The standard InChI is InChI=1S/C19H10F7N5O2/c20-10-3-5-11(6-4-10)31-14-12(15(32)29-16(31)33)17(18(21,22)23,19(24,25)26)30-13(28-14)9-2-1-7-27-8-9/h1-8H,(H,28,30)(H,29,32,33). The number of fused-ring (bicyclic) bond motifs is 1. The summed E-state index contributed by atoms with van der Waals surface area (Å²) < 4.78 is 98.7. The van der Waals surface area contributed by atoms with E-state index in [1.807, 2.05) is 0 Å². The number of hydrogen-bond acceptors (Lipinski definition) is 5. The summed E-state index contributed by atoms with van der Waals surface area (Å²) in [7, 11) is 0. The summed E-state index contributed by atoms with van der Waals surface area (Å²) in [5, 5.41) is 2.23. The molecule has 7 nitrogen and oxygen atoms in total. The number of aromatic amines is 1. The molecule has 2 aromatic heterocycles. The zero-order valence-electron chi connectivity index (χ0n) is 15.9. The van der Waals surface area contributed by atoms with Crippen molar-refractivity contribution >= 4 is 11.7 Å². The quantitative estimate of drug-likeness (QED) is 0.559. The van der Waals surface area contributed by atoms with Crippen molar-refractivity contribution < 1.29 is 30.7 Å². The van der Waals surface area contributed by atoms with E-state index in [1.54, 1.807) is 0 Å². The van der Waals surface area contributed by atoms with E-state index in [4.69, 9.17) is 0 Å². The molecule has 0 saturated carbocycles. The Bertz CT molecular complexity index is 1340. The molecule has 1 aromatic carbocycles. The lowest BCUT2D eigenvalue weighted by Crippen LogP contribution is -2.59. The largest absolute Gasteiger partial charge is 0.427 e. The topological polar surface area (TPSA) is 92.1 Å². The smallest absolute Gasteiger partial charge is 0.325 e. The molecule has 0 saturated heterocycles. The Balaban J connectivity index is 2.18. The van der Waals surface area contributed by atoms with Crippen LogP contribution in [0.4, 0.5) is 36.6 Å². The highest BCUT2D eigenvalue weighted by Crippen LogP contribution is 2.55. The van der Waals surface area contributed by atoms with Crippen LogP contribution in [0.5, 0.6) is 0 Å². The van der Waals surface area contributed by atoms with Crippen molar-refractivity contribution in [2.75, 3.05) is 5.32 Å². The van der Waals surface area contributed by atoms with E-state index < -0.39 is 52.2 Å². The fourth-order valence-electron chi connectivity index (χ4n) is 3.40. The minimum absolute atomic E-state index is 0.278. The van der Waals surface area contributed by atoms with Crippen LogP contribution in [0.3, 0.4) is 0 Å². The highest BCUT2D eigenvalue weighted by Gasteiger charge is 2.75. The number of alkyl halides is 6. The molecule has 0 unspecified atom stereocenters. The highest BCUT2D eigenvalue weighted by atomic mass is 19.4. The van der Waals surface area contributed by atoms with Crippen LogP contribution in [0.2, 0.25) is 0 Å². The number of aromatic nitrogens is 3. The van der Waals surface area contributed by atoms with Gasteiger partial charge in [-0.3, -0.25) is 14.8 Å². The second-order valence-corrected chi connectivity index (χ2v) is 6.83. The van der Waals surface area contributed by atoms with Crippen LogP contribution >= 0.6 is 0 Å². The molecule has 0 amide bonds. The lowest BCUT2D eigenvalue weighted by atomic mass is 9.87. The Labute approximate surface area is 178 Å². The molecular weight excluding hydrogens is 463 g/mol. The van der Waals surface area contributed by atoms with Gasteiger partial charge in [-0.25, -0.2) is 18.7 Å². The molecule has 0 bridgehead atoms. The summed E-state index contributed by atoms with van der Waals surface area (Å²) in [5.74, 6) is -2.85. The molecule has 33 heavy (non-hydrogen) atoms. The second kappa shape index (κ2) is 7.28. The van der Waals surface area contributed by atoms with E-state index in [-0.39, 0.29) is 11.3 Å². The van der Waals surface area contributed by atoms with Gasteiger partial charge in [-0.05, 0) is 36.4 Å². The molecule has 0 aliphatic carbocycles. The van der Waals surface area contributed by atoms with E-state index in [1.165, 1.54) is 17.2 Å². The lowest BCUT2D eigenvalue weighted by Gasteiger charge is -2.38. The summed E-state index contributed by atoms with van der Waals surface area (Å²) in [5.41, 5.74) is -10.8. The van der Waals surface area contributed by atoms with E-state index >= 15 is 0 Å². The molecule has 14 heteroatoms. The maximum Gasteiger partial charge on any atom is 0.427 e. The minimum Gasteiger partial charge on any atom is -0.325 e. The number of pyridine rings is 1. The molecule has 1 aliphatic heterocycles. The van der Waals surface area contributed by atoms with Crippen molar-refractivity contribution in [2.24, 2.45) is 4.99 Å². The number of amidine groups is 1. The molecule has 4 rings (SSSR count). The molecule has 0 radical (unpaired) electrons. The third kappa shape index (κ3) is 3.37. The van der Waals surface area contributed by atoms with Crippen molar-refractivity contribution in [1.82, 2.24) is 14.5 Å². The van der Waals surface area contributed by atoms with Gasteiger partial charge in [-0.15, -0.1) is 0 Å². The fraction of sp³-hybridized carbons (Fsp3) is 0.158. The molecule has 2 N–H and O–H groups in total. The van der Waals surface area contributed by atoms with Crippen molar-refractivity contribution in [3.8, 4) is 5.69 Å². The summed E-state index contributed by atoms with van der Waals surface area (Å²) in [4.78, 5) is 33.0. The number of nitrogens with zero attached hydrogens (tertiary/aromatic N) is 3. The number of H-pyrrole nitrogens is 1. The van der Waals surface area contributed by atoms with Gasteiger partial charge >= 0.3 is 18.0 Å². The first-order chi connectivity index (χ1) is 15.4. The summed E-state index contributed by atoms with van der Waals surface area (Å²) in [6, 6.07) is 5.92. The molecule has 1 aliphatic rings. The van der Waals surface area contributed by atoms with Gasteiger partial charge in [-0.1, -0.05) is 0 Å². The maximum atomic E-state index is 14.2. The number of nitrogens with one attached hydrogen (secondary N) is 2. The maximum absolute atomic E-state index is 14.2. The van der Waals surface area contributed by atoms with Gasteiger partial charge in [0.05, 0.1) is 5.69 Å². The molecule has 3 aromatic rings. The van der Waals surface area contributed by atoms with E-state index in [9.17, 15) is 40.3 Å². The first-order valence-electron chi connectivity index (χ1n) is 8.93. The van der Waals surface area contributed by atoms with Crippen molar-refractivity contribution in [3.05, 3.63) is 86.6 Å². The molecular formula is C19H10F7N5O2. The predicted molar refractivity (Wildman–Crippen MR) is 101 cm³/mol. The van der Waals surface area contributed by atoms with Gasteiger partial charge < -0.3 is 5.32 Å². The second-order valence-electron chi connectivity index (χ2n) is 6.83. The lowest BCUT2D eigenvalue weighted by molar-refractivity contribution is -0.301. The van der Waals surface area contributed by atoms with Crippen LogP contribution in [0, 0.1) is 5.82 Å². The van der Waals surface area contributed by atoms with Crippen molar-refractivity contribution in [1.29, 1.82) is 0 Å². The van der Waals surface area contributed by atoms with Crippen LogP contribution in [-0.2, 0) is 5.54 Å². The Hall–Kier alpha value is -3.97. The van der Waals surface area contributed by atoms with Gasteiger partial charge in [0.25, 0.3) is 11.1 Å². The minimum atomic E-state index is -6.15. The van der Waals surface area contributed by atoms with Crippen LogP contribution in [0.1, 0.15) is 11.1 Å². The Morgan fingerprint density at radius 3 is 2.12 bits per heavy atom. The normalized spacial score (nSPS) is 15.4. The van der Waals surface area contributed by atoms with Gasteiger partial charge in [0.15, 0.2) is 0 Å². The Morgan fingerprint density at radius 1 is 0.939 bits per heavy atom. The number of benzene rings is 1. The molecule has 3 heterocycles. The molecule has 0 fully saturated rings. The number of aliphatic imine (C=N–C) groups is 1. The SMILES string of the molecule is O=c1[nH]c(=O)n(-c2ccc(F)cc2)c2c1C(C(F)(F)F)(C(F)(F)F)N=C(c1cccnc1)N2. The van der Waals surface area contributed by atoms with Crippen LogP contribution in [0.15, 0.2) is 63.4 Å². The van der Waals surface area contributed by atoms with Gasteiger partial charge in [0.2, 0.25) is 0 Å². The van der Waals surface area contributed by atoms with Crippen LogP contribution in [-0.4, -0.2) is 32.7 Å². The van der Waals surface area contributed by atoms with E-state index in [0.717, 1.165) is 36.5 Å². The Morgan fingerprint density at radius 2 is 1.58 bits per heavy atom. The van der Waals surface area contributed by atoms with Gasteiger partial charge in [-0.2, -0.15) is 26.3 Å². The average Bonchev–Trinajstić information content (AvgIpc) is 2.73. The monoisotopic (exact) mass is 473 g/mol. The summed E-state index contributed by atoms with van der Waals surface area (Å²) in [6.07, 6.45) is -10.1. The van der Waals surface area contributed by atoms with E-state index in [0.29, 0.717) is 4.57 Å². The van der Waals surface area contributed by atoms with E-state index in [2.05, 4.69) is 15.3 Å². The first-order valence-corrected chi connectivity index (χ1v) is 8.93.